The number of carbonyl (C=O) groups is 1. The Kier molecular flexibility index (Phi) is 5.15. The SMILES string of the molecule is COc1cccc([C@@H](CNC(=O)c2cccs2)OC)c1. The number of rotatable bonds is 6. The monoisotopic (exact) mass is 291 g/mol. The molecule has 2 aromatic rings. The minimum Gasteiger partial charge on any atom is -0.497 e. The number of ether oxygens (including phenoxy) is 2. The molecule has 0 aliphatic carbocycles. The summed E-state index contributed by atoms with van der Waals surface area (Å²) in [6, 6.07) is 11.3. The molecule has 0 unspecified atom stereocenters. The Bertz CT molecular complexity index is 554. The van der Waals surface area contributed by atoms with Crippen LogP contribution in [0.1, 0.15) is 21.3 Å². The Morgan fingerprint density at radius 1 is 1.30 bits per heavy atom. The Labute approximate surface area is 122 Å². The Morgan fingerprint density at radius 2 is 2.15 bits per heavy atom. The normalized spacial score (nSPS) is 11.9. The van der Waals surface area contributed by atoms with Gasteiger partial charge >= 0.3 is 0 Å². The molecule has 1 amide bonds. The molecule has 0 bridgehead atoms. The molecule has 0 saturated heterocycles. The molecule has 0 aliphatic heterocycles. The smallest absolute Gasteiger partial charge is 0.261 e. The van der Waals surface area contributed by atoms with Gasteiger partial charge in [0.1, 0.15) is 5.75 Å². The number of amides is 1. The van der Waals surface area contributed by atoms with Crippen molar-refractivity contribution in [1.82, 2.24) is 5.32 Å². The second-order valence-corrected chi connectivity index (χ2v) is 5.14. The van der Waals surface area contributed by atoms with E-state index >= 15 is 0 Å². The van der Waals surface area contributed by atoms with E-state index in [0.29, 0.717) is 11.4 Å². The van der Waals surface area contributed by atoms with E-state index in [-0.39, 0.29) is 12.0 Å². The lowest BCUT2D eigenvalue weighted by Gasteiger charge is -2.17. The van der Waals surface area contributed by atoms with E-state index in [1.165, 1.54) is 11.3 Å². The average Bonchev–Trinajstić information content (AvgIpc) is 3.02. The third-order valence-corrected chi connectivity index (χ3v) is 3.81. The number of carbonyl (C=O) groups excluding carboxylic acids is 1. The fourth-order valence-corrected chi connectivity index (χ4v) is 2.50. The molecule has 0 aliphatic rings. The average molecular weight is 291 g/mol. The number of hydrogen-bond acceptors (Lipinski definition) is 4. The lowest BCUT2D eigenvalue weighted by Crippen LogP contribution is -2.28. The van der Waals surface area contributed by atoms with Gasteiger partial charge in [-0.15, -0.1) is 11.3 Å². The summed E-state index contributed by atoms with van der Waals surface area (Å²) in [5.41, 5.74) is 0.971. The van der Waals surface area contributed by atoms with Gasteiger partial charge in [-0.25, -0.2) is 0 Å². The zero-order valence-electron chi connectivity index (χ0n) is 11.5. The zero-order chi connectivity index (χ0) is 14.4. The summed E-state index contributed by atoms with van der Waals surface area (Å²) in [5, 5.41) is 4.76. The van der Waals surface area contributed by atoms with Crippen LogP contribution < -0.4 is 10.1 Å². The highest BCUT2D eigenvalue weighted by atomic mass is 32.1. The summed E-state index contributed by atoms with van der Waals surface area (Å²) in [4.78, 5) is 12.6. The van der Waals surface area contributed by atoms with Crippen LogP contribution in [-0.4, -0.2) is 26.7 Å². The Hall–Kier alpha value is -1.85. The second-order valence-electron chi connectivity index (χ2n) is 4.19. The van der Waals surface area contributed by atoms with Gasteiger partial charge in [0, 0.05) is 13.7 Å². The molecule has 2 rings (SSSR count). The van der Waals surface area contributed by atoms with E-state index in [1.54, 1.807) is 20.3 Å². The molecule has 5 heteroatoms. The fraction of sp³-hybridized carbons (Fsp3) is 0.267. The van der Waals surface area contributed by atoms with Gasteiger partial charge in [0.25, 0.3) is 5.91 Å². The van der Waals surface area contributed by atoms with Crippen molar-refractivity contribution >= 4 is 17.2 Å². The van der Waals surface area contributed by atoms with Gasteiger partial charge in [-0.2, -0.15) is 0 Å². The summed E-state index contributed by atoms with van der Waals surface area (Å²) in [7, 11) is 3.25. The number of thiophene rings is 1. The van der Waals surface area contributed by atoms with Crippen molar-refractivity contribution in [2.45, 2.75) is 6.10 Å². The van der Waals surface area contributed by atoms with Gasteiger partial charge in [-0.1, -0.05) is 18.2 Å². The van der Waals surface area contributed by atoms with Crippen molar-refractivity contribution in [3.63, 3.8) is 0 Å². The summed E-state index contributed by atoms with van der Waals surface area (Å²) in [5.74, 6) is 0.694. The molecule has 0 fully saturated rings. The van der Waals surface area contributed by atoms with Gasteiger partial charge in [0.05, 0.1) is 18.1 Å². The first-order valence-corrected chi connectivity index (χ1v) is 7.11. The second kappa shape index (κ2) is 7.07. The highest BCUT2D eigenvalue weighted by Gasteiger charge is 2.14. The molecular formula is C15H17NO3S. The van der Waals surface area contributed by atoms with Gasteiger partial charge in [0.2, 0.25) is 0 Å². The molecule has 1 N–H and O–H groups in total. The van der Waals surface area contributed by atoms with Crippen LogP contribution in [0.4, 0.5) is 0 Å². The zero-order valence-corrected chi connectivity index (χ0v) is 12.3. The van der Waals surface area contributed by atoms with Crippen LogP contribution in [0, 0.1) is 0 Å². The maximum atomic E-state index is 11.9. The lowest BCUT2D eigenvalue weighted by molar-refractivity contribution is 0.0830. The maximum Gasteiger partial charge on any atom is 0.261 e. The summed E-state index contributed by atoms with van der Waals surface area (Å²) in [6.45, 7) is 0.417. The quantitative estimate of drug-likeness (QED) is 0.890. The largest absolute Gasteiger partial charge is 0.497 e. The summed E-state index contributed by atoms with van der Waals surface area (Å²) >= 11 is 1.42. The van der Waals surface area contributed by atoms with E-state index in [2.05, 4.69) is 5.32 Å². The highest BCUT2D eigenvalue weighted by Crippen LogP contribution is 2.21. The number of nitrogens with one attached hydrogen (secondary N) is 1. The van der Waals surface area contributed by atoms with Gasteiger partial charge in [-0.3, -0.25) is 4.79 Å². The molecule has 0 spiro atoms. The van der Waals surface area contributed by atoms with Crippen molar-refractivity contribution < 1.29 is 14.3 Å². The standard InChI is InChI=1S/C15H17NO3S/c1-18-12-6-3-5-11(9-12)13(19-2)10-16-15(17)14-7-4-8-20-14/h3-9,13H,10H2,1-2H3,(H,16,17)/t13-/m1/s1. The van der Waals surface area contributed by atoms with Crippen molar-refractivity contribution in [1.29, 1.82) is 0 Å². The first kappa shape index (κ1) is 14.6. The van der Waals surface area contributed by atoms with E-state index in [4.69, 9.17) is 9.47 Å². The highest BCUT2D eigenvalue weighted by molar-refractivity contribution is 7.12. The predicted molar refractivity (Wildman–Crippen MR) is 79.4 cm³/mol. The Balaban J connectivity index is 2.00. The maximum absolute atomic E-state index is 11.9. The van der Waals surface area contributed by atoms with E-state index in [1.807, 2.05) is 35.7 Å². The molecule has 0 saturated carbocycles. The third kappa shape index (κ3) is 3.59. The first-order chi connectivity index (χ1) is 9.74. The number of methoxy groups -OCH3 is 2. The summed E-state index contributed by atoms with van der Waals surface area (Å²) < 4.78 is 10.6. The van der Waals surface area contributed by atoms with Gasteiger partial charge in [0.15, 0.2) is 0 Å². The van der Waals surface area contributed by atoms with Crippen LogP contribution in [0.15, 0.2) is 41.8 Å². The first-order valence-electron chi connectivity index (χ1n) is 6.23. The van der Waals surface area contributed by atoms with Crippen LogP contribution in [0.25, 0.3) is 0 Å². The molecule has 1 heterocycles. The molecule has 0 radical (unpaired) electrons. The predicted octanol–water partition coefficient (Wildman–Crippen LogP) is 2.87. The summed E-state index contributed by atoms with van der Waals surface area (Å²) in [6.07, 6.45) is -0.200. The fourth-order valence-electron chi connectivity index (χ4n) is 1.86. The number of benzene rings is 1. The molecule has 1 aromatic carbocycles. The van der Waals surface area contributed by atoms with Crippen molar-refractivity contribution in [2.75, 3.05) is 20.8 Å². The molecule has 1 aromatic heterocycles. The van der Waals surface area contributed by atoms with Gasteiger partial charge < -0.3 is 14.8 Å². The van der Waals surface area contributed by atoms with Crippen LogP contribution in [0.2, 0.25) is 0 Å². The van der Waals surface area contributed by atoms with Crippen molar-refractivity contribution in [3.8, 4) is 5.75 Å². The van der Waals surface area contributed by atoms with Crippen LogP contribution in [0.3, 0.4) is 0 Å². The molecule has 4 nitrogen and oxygen atoms in total. The van der Waals surface area contributed by atoms with E-state index < -0.39 is 0 Å². The van der Waals surface area contributed by atoms with Crippen LogP contribution >= 0.6 is 11.3 Å². The molecule has 20 heavy (non-hydrogen) atoms. The lowest BCUT2D eigenvalue weighted by atomic mass is 10.1. The molecule has 1 atom stereocenters. The minimum absolute atomic E-state index is 0.0788. The van der Waals surface area contributed by atoms with Crippen molar-refractivity contribution in [3.05, 3.63) is 52.2 Å². The van der Waals surface area contributed by atoms with E-state index in [0.717, 1.165) is 11.3 Å². The van der Waals surface area contributed by atoms with Crippen LogP contribution in [-0.2, 0) is 4.74 Å². The van der Waals surface area contributed by atoms with Crippen molar-refractivity contribution in [2.24, 2.45) is 0 Å². The van der Waals surface area contributed by atoms with Gasteiger partial charge in [-0.05, 0) is 29.1 Å². The Morgan fingerprint density at radius 3 is 2.80 bits per heavy atom. The molecule has 106 valence electrons. The minimum atomic E-state index is -0.200. The number of hydrogen-bond donors (Lipinski definition) is 1. The van der Waals surface area contributed by atoms with E-state index in [9.17, 15) is 4.79 Å². The topological polar surface area (TPSA) is 47.6 Å². The third-order valence-electron chi connectivity index (χ3n) is 2.94. The molecular weight excluding hydrogens is 274 g/mol. The van der Waals surface area contributed by atoms with Crippen LogP contribution in [0.5, 0.6) is 5.75 Å².